The van der Waals surface area contributed by atoms with Gasteiger partial charge >= 0.3 is 0 Å². The van der Waals surface area contributed by atoms with Gasteiger partial charge in [-0.25, -0.2) is 0 Å². The van der Waals surface area contributed by atoms with Gasteiger partial charge in [-0.2, -0.15) is 0 Å². The fraction of sp³-hybridized carbons (Fsp3) is 0.562. The van der Waals surface area contributed by atoms with Gasteiger partial charge in [0.25, 0.3) is 0 Å². The summed E-state index contributed by atoms with van der Waals surface area (Å²) in [4.78, 5) is 11.6. The third-order valence-electron chi connectivity index (χ3n) is 3.14. The van der Waals surface area contributed by atoms with E-state index in [1.807, 2.05) is 39.0 Å². The number of nitrogens with one attached hydrogen (secondary N) is 1. The summed E-state index contributed by atoms with van der Waals surface area (Å²) in [5.41, 5.74) is 2.15. The van der Waals surface area contributed by atoms with Crippen LogP contribution in [0, 0.1) is 13.8 Å². The summed E-state index contributed by atoms with van der Waals surface area (Å²) in [6, 6.07) is 5.96. The fourth-order valence-corrected chi connectivity index (χ4v) is 2.03. The number of hydrogen-bond donors (Lipinski definition) is 2. The molecule has 1 aromatic rings. The number of aliphatic hydroxyl groups excluding tert-OH is 1. The number of ether oxygens (including phenoxy) is 1. The minimum absolute atomic E-state index is 0.0913. The van der Waals surface area contributed by atoms with Crippen molar-refractivity contribution >= 4 is 5.91 Å². The zero-order chi connectivity index (χ0) is 15.0. The Bertz CT molecular complexity index is 411. The molecule has 4 heteroatoms. The SMILES string of the molecule is CCCC(O)CNC(=O)CCOc1c(C)cccc1C. The van der Waals surface area contributed by atoms with E-state index in [1.165, 1.54) is 0 Å². The van der Waals surface area contributed by atoms with Crippen LogP contribution in [0.25, 0.3) is 0 Å². The first kappa shape index (κ1) is 16.5. The summed E-state index contributed by atoms with van der Waals surface area (Å²) in [6.07, 6.45) is 1.46. The average Bonchev–Trinajstić information content (AvgIpc) is 2.40. The predicted molar refractivity (Wildman–Crippen MR) is 80.0 cm³/mol. The molecule has 0 aliphatic rings. The highest BCUT2D eigenvalue weighted by molar-refractivity contribution is 5.76. The Kier molecular flexibility index (Phi) is 7.09. The summed E-state index contributed by atoms with van der Waals surface area (Å²) in [5.74, 6) is 0.762. The molecular formula is C16H25NO3. The first-order valence-corrected chi connectivity index (χ1v) is 7.18. The molecule has 1 amide bonds. The Hall–Kier alpha value is -1.55. The van der Waals surface area contributed by atoms with Gasteiger partial charge in [-0.1, -0.05) is 31.5 Å². The van der Waals surface area contributed by atoms with Crippen LogP contribution in [0.15, 0.2) is 18.2 Å². The third kappa shape index (κ3) is 5.61. The number of benzene rings is 1. The highest BCUT2D eigenvalue weighted by atomic mass is 16.5. The van der Waals surface area contributed by atoms with Gasteiger partial charge in [0.2, 0.25) is 5.91 Å². The van der Waals surface area contributed by atoms with E-state index in [4.69, 9.17) is 4.74 Å². The molecule has 0 aliphatic carbocycles. The molecule has 1 aromatic carbocycles. The molecule has 4 nitrogen and oxygen atoms in total. The van der Waals surface area contributed by atoms with E-state index in [1.54, 1.807) is 0 Å². The molecule has 0 fully saturated rings. The normalized spacial score (nSPS) is 12.0. The third-order valence-corrected chi connectivity index (χ3v) is 3.14. The Morgan fingerprint density at radius 2 is 2.00 bits per heavy atom. The Labute approximate surface area is 121 Å². The van der Waals surface area contributed by atoms with Crippen molar-refractivity contribution in [2.24, 2.45) is 0 Å². The number of aryl methyl sites for hydroxylation is 2. The molecular weight excluding hydrogens is 254 g/mol. The average molecular weight is 279 g/mol. The van der Waals surface area contributed by atoms with Crippen molar-refractivity contribution in [1.29, 1.82) is 0 Å². The lowest BCUT2D eigenvalue weighted by molar-refractivity contribution is -0.122. The van der Waals surface area contributed by atoms with Crippen LogP contribution in [0.2, 0.25) is 0 Å². The van der Waals surface area contributed by atoms with Crippen molar-refractivity contribution in [3.05, 3.63) is 29.3 Å². The van der Waals surface area contributed by atoms with Crippen molar-refractivity contribution in [2.75, 3.05) is 13.2 Å². The smallest absolute Gasteiger partial charge is 0.223 e. The van der Waals surface area contributed by atoms with Crippen molar-refractivity contribution < 1.29 is 14.6 Å². The van der Waals surface area contributed by atoms with Gasteiger partial charge in [0.15, 0.2) is 0 Å². The molecule has 112 valence electrons. The number of amides is 1. The zero-order valence-corrected chi connectivity index (χ0v) is 12.6. The van der Waals surface area contributed by atoms with Crippen LogP contribution in [0.5, 0.6) is 5.75 Å². The second kappa shape index (κ2) is 8.59. The van der Waals surface area contributed by atoms with Crippen LogP contribution < -0.4 is 10.1 Å². The van der Waals surface area contributed by atoms with E-state index in [0.29, 0.717) is 26.0 Å². The van der Waals surface area contributed by atoms with E-state index in [-0.39, 0.29) is 5.91 Å². The van der Waals surface area contributed by atoms with Crippen molar-refractivity contribution in [1.82, 2.24) is 5.32 Å². The molecule has 0 aliphatic heterocycles. The van der Waals surface area contributed by atoms with Gasteiger partial charge in [0.1, 0.15) is 5.75 Å². The van der Waals surface area contributed by atoms with Crippen LogP contribution in [0.4, 0.5) is 0 Å². The Morgan fingerprint density at radius 3 is 2.60 bits per heavy atom. The monoisotopic (exact) mass is 279 g/mol. The molecule has 0 radical (unpaired) electrons. The summed E-state index contributed by atoms with van der Waals surface area (Å²) in [5, 5.41) is 12.2. The highest BCUT2D eigenvalue weighted by Gasteiger charge is 2.08. The standard InChI is InChI=1S/C16H25NO3/c1-4-6-14(18)11-17-15(19)9-10-20-16-12(2)7-5-8-13(16)3/h5,7-8,14,18H,4,6,9-11H2,1-3H3,(H,17,19). The van der Waals surface area contributed by atoms with Gasteiger partial charge in [-0.15, -0.1) is 0 Å². The second-order valence-electron chi connectivity index (χ2n) is 5.07. The van der Waals surface area contributed by atoms with Gasteiger partial charge in [-0.3, -0.25) is 4.79 Å². The summed E-state index contributed by atoms with van der Waals surface area (Å²) in [6.45, 7) is 6.65. The maximum atomic E-state index is 11.6. The molecule has 0 bridgehead atoms. The van der Waals surface area contributed by atoms with Crippen LogP contribution in [-0.4, -0.2) is 30.3 Å². The molecule has 0 heterocycles. The lowest BCUT2D eigenvalue weighted by Gasteiger charge is -2.13. The number of rotatable bonds is 8. The first-order valence-electron chi connectivity index (χ1n) is 7.18. The van der Waals surface area contributed by atoms with E-state index in [9.17, 15) is 9.90 Å². The molecule has 2 N–H and O–H groups in total. The van der Waals surface area contributed by atoms with Gasteiger partial charge in [0, 0.05) is 6.54 Å². The Morgan fingerprint density at radius 1 is 1.35 bits per heavy atom. The number of para-hydroxylation sites is 1. The van der Waals surface area contributed by atoms with E-state index in [2.05, 4.69) is 5.32 Å². The molecule has 0 saturated carbocycles. The minimum atomic E-state index is -0.455. The van der Waals surface area contributed by atoms with Crippen LogP contribution in [-0.2, 0) is 4.79 Å². The molecule has 0 spiro atoms. The number of hydrogen-bond acceptors (Lipinski definition) is 3. The van der Waals surface area contributed by atoms with Gasteiger partial charge in [-0.05, 0) is 31.4 Å². The molecule has 1 rings (SSSR count). The van der Waals surface area contributed by atoms with E-state index < -0.39 is 6.10 Å². The summed E-state index contributed by atoms with van der Waals surface area (Å²) >= 11 is 0. The molecule has 1 unspecified atom stereocenters. The molecule has 1 atom stereocenters. The highest BCUT2D eigenvalue weighted by Crippen LogP contribution is 2.22. The number of carbonyl (C=O) groups excluding carboxylic acids is 1. The second-order valence-corrected chi connectivity index (χ2v) is 5.07. The van der Waals surface area contributed by atoms with Gasteiger partial charge < -0.3 is 15.2 Å². The molecule has 20 heavy (non-hydrogen) atoms. The largest absolute Gasteiger partial charge is 0.493 e. The first-order chi connectivity index (χ1) is 9.54. The van der Waals surface area contributed by atoms with E-state index >= 15 is 0 Å². The minimum Gasteiger partial charge on any atom is -0.493 e. The lowest BCUT2D eigenvalue weighted by Crippen LogP contribution is -2.32. The summed E-state index contributed by atoms with van der Waals surface area (Å²) in [7, 11) is 0. The fourth-order valence-electron chi connectivity index (χ4n) is 2.03. The maximum Gasteiger partial charge on any atom is 0.223 e. The zero-order valence-electron chi connectivity index (χ0n) is 12.6. The van der Waals surface area contributed by atoms with Crippen molar-refractivity contribution in [2.45, 2.75) is 46.1 Å². The molecule has 0 aromatic heterocycles. The van der Waals surface area contributed by atoms with Crippen LogP contribution in [0.1, 0.15) is 37.3 Å². The lowest BCUT2D eigenvalue weighted by atomic mass is 10.1. The Balaban J connectivity index is 2.28. The van der Waals surface area contributed by atoms with Crippen LogP contribution >= 0.6 is 0 Å². The van der Waals surface area contributed by atoms with Crippen molar-refractivity contribution in [3.8, 4) is 5.75 Å². The number of aliphatic hydroxyl groups is 1. The van der Waals surface area contributed by atoms with Crippen LogP contribution in [0.3, 0.4) is 0 Å². The molecule has 0 saturated heterocycles. The summed E-state index contributed by atoms with van der Waals surface area (Å²) < 4.78 is 5.67. The van der Waals surface area contributed by atoms with E-state index in [0.717, 1.165) is 23.3 Å². The topological polar surface area (TPSA) is 58.6 Å². The predicted octanol–water partition coefficient (Wildman–Crippen LogP) is 2.35. The van der Waals surface area contributed by atoms with Gasteiger partial charge in [0.05, 0.1) is 19.1 Å². The quantitative estimate of drug-likeness (QED) is 0.768. The maximum absolute atomic E-state index is 11.6. The number of carbonyl (C=O) groups is 1. The van der Waals surface area contributed by atoms with Crippen molar-refractivity contribution in [3.63, 3.8) is 0 Å².